The summed E-state index contributed by atoms with van der Waals surface area (Å²) < 4.78 is 0. The van der Waals surface area contributed by atoms with E-state index >= 15 is 0 Å². The number of unbranched alkanes of at least 4 members (excludes halogenated alkanes) is 7. The lowest BCUT2D eigenvalue weighted by molar-refractivity contribution is 0.150. The van der Waals surface area contributed by atoms with Gasteiger partial charge in [0.2, 0.25) is 0 Å². The molecule has 1 nitrogen and oxygen atoms in total. The summed E-state index contributed by atoms with van der Waals surface area (Å²) in [6, 6.07) is 0. The minimum atomic E-state index is 0.161. The fourth-order valence-corrected chi connectivity index (χ4v) is 3.68. The van der Waals surface area contributed by atoms with Gasteiger partial charge in [-0.2, -0.15) is 0 Å². The summed E-state index contributed by atoms with van der Waals surface area (Å²) in [6.07, 6.45) is 16.5. The average molecular weight is 268 g/mol. The fraction of sp³-hybridized carbons (Fsp3) is 1.00. The maximum absolute atomic E-state index is 6.65. The van der Waals surface area contributed by atoms with Crippen molar-refractivity contribution in [3.63, 3.8) is 0 Å². The van der Waals surface area contributed by atoms with Crippen LogP contribution >= 0.6 is 0 Å². The topological polar surface area (TPSA) is 26.0 Å². The van der Waals surface area contributed by atoms with Crippen molar-refractivity contribution in [3.8, 4) is 0 Å². The van der Waals surface area contributed by atoms with Crippen molar-refractivity contribution in [2.75, 3.05) is 0 Å². The van der Waals surface area contributed by atoms with Crippen molar-refractivity contribution < 1.29 is 0 Å². The maximum Gasteiger partial charge on any atom is 0.0180 e. The normalized spacial score (nSPS) is 31.6. The van der Waals surface area contributed by atoms with Crippen LogP contribution in [0.3, 0.4) is 0 Å². The highest BCUT2D eigenvalue weighted by Crippen LogP contribution is 2.38. The third-order valence-electron chi connectivity index (χ3n) is 5.34. The Morgan fingerprint density at radius 3 is 2.11 bits per heavy atom. The molecule has 0 bridgehead atoms. The number of rotatable bonds is 9. The first kappa shape index (κ1) is 17.0. The van der Waals surface area contributed by atoms with Crippen LogP contribution in [0.15, 0.2) is 0 Å². The summed E-state index contributed by atoms with van der Waals surface area (Å²) in [4.78, 5) is 0. The van der Waals surface area contributed by atoms with Crippen LogP contribution in [-0.2, 0) is 0 Å². The highest BCUT2D eigenvalue weighted by atomic mass is 14.8. The van der Waals surface area contributed by atoms with Crippen LogP contribution < -0.4 is 5.73 Å². The van der Waals surface area contributed by atoms with Crippen LogP contribution in [0.2, 0.25) is 0 Å². The van der Waals surface area contributed by atoms with E-state index < -0.39 is 0 Å². The van der Waals surface area contributed by atoms with E-state index in [1.54, 1.807) is 0 Å². The molecule has 1 aliphatic carbocycles. The first-order chi connectivity index (χ1) is 9.08. The molecule has 1 rings (SSSR count). The molecule has 0 spiro atoms. The van der Waals surface area contributed by atoms with Gasteiger partial charge in [-0.3, -0.25) is 0 Å². The highest BCUT2D eigenvalue weighted by Gasteiger charge is 2.35. The van der Waals surface area contributed by atoms with E-state index in [1.165, 1.54) is 77.0 Å². The summed E-state index contributed by atoms with van der Waals surface area (Å²) in [5, 5.41) is 0. The van der Waals surface area contributed by atoms with Crippen molar-refractivity contribution in [3.05, 3.63) is 0 Å². The van der Waals surface area contributed by atoms with E-state index in [2.05, 4.69) is 20.8 Å². The van der Waals surface area contributed by atoms with Gasteiger partial charge in [-0.1, -0.05) is 72.1 Å². The van der Waals surface area contributed by atoms with E-state index in [9.17, 15) is 0 Å². The molecule has 3 atom stereocenters. The minimum Gasteiger partial charge on any atom is -0.325 e. The van der Waals surface area contributed by atoms with Gasteiger partial charge >= 0.3 is 0 Å². The molecule has 1 heteroatoms. The lowest BCUT2D eigenvalue weighted by Crippen LogP contribution is -2.49. The molecular weight excluding hydrogens is 230 g/mol. The fourth-order valence-electron chi connectivity index (χ4n) is 3.68. The Hall–Kier alpha value is -0.0400. The van der Waals surface area contributed by atoms with Crippen molar-refractivity contribution in [1.82, 2.24) is 0 Å². The van der Waals surface area contributed by atoms with E-state index in [4.69, 9.17) is 5.73 Å². The lowest BCUT2D eigenvalue weighted by atomic mass is 9.68. The maximum atomic E-state index is 6.65. The zero-order valence-electron chi connectivity index (χ0n) is 13.7. The van der Waals surface area contributed by atoms with Gasteiger partial charge in [-0.15, -0.1) is 0 Å². The van der Waals surface area contributed by atoms with Crippen LogP contribution in [0.25, 0.3) is 0 Å². The molecule has 0 amide bonds. The van der Waals surface area contributed by atoms with Gasteiger partial charge in [0.15, 0.2) is 0 Å². The van der Waals surface area contributed by atoms with Crippen LogP contribution in [-0.4, -0.2) is 5.54 Å². The second-order valence-corrected chi connectivity index (χ2v) is 7.24. The molecule has 114 valence electrons. The molecule has 2 N–H and O–H groups in total. The Balaban J connectivity index is 2.05. The van der Waals surface area contributed by atoms with Crippen molar-refractivity contribution in [2.45, 2.75) is 103 Å². The molecule has 0 aromatic carbocycles. The second kappa shape index (κ2) is 9.00. The zero-order valence-corrected chi connectivity index (χ0v) is 13.7. The molecule has 0 aromatic rings. The van der Waals surface area contributed by atoms with Gasteiger partial charge in [0.1, 0.15) is 0 Å². The summed E-state index contributed by atoms with van der Waals surface area (Å²) in [6.45, 7) is 7.04. The molecule has 0 aromatic heterocycles. The van der Waals surface area contributed by atoms with E-state index in [-0.39, 0.29) is 5.54 Å². The Morgan fingerprint density at radius 1 is 0.947 bits per heavy atom. The molecule has 0 aliphatic heterocycles. The van der Waals surface area contributed by atoms with Crippen LogP contribution in [0.1, 0.15) is 97.8 Å². The first-order valence-corrected chi connectivity index (χ1v) is 8.87. The predicted octanol–water partition coefficient (Wildman–Crippen LogP) is 5.67. The SMILES string of the molecule is CCCCCCCCCCC1(N)CCC(C)CC1C. The predicted molar refractivity (Wildman–Crippen MR) is 86.3 cm³/mol. The van der Waals surface area contributed by atoms with Crippen LogP contribution in [0, 0.1) is 11.8 Å². The summed E-state index contributed by atoms with van der Waals surface area (Å²) in [5.74, 6) is 1.62. The largest absolute Gasteiger partial charge is 0.325 e. The van der Waals surface area contributed by atoms with E-state index in [0.717, 1.165) is 11.8 Å². The second-order valence-electron chi connectivity index (χ2n) is 7.24. The van der Waals surface area contributed by atoms with Crippen molar-refractivity contribution in [1.29, 1.82) is 0 Å². The third kappa shape index (κ3) is 6.29. The number of hydrogen-bond acceptors (Lipinski definition) is 1. The molecular formula is C18H37N. The molecule has 1 fully saturated rings. The molecule has 1 aliphatic rings. The third-order valence-corrected chi connectivity index (χ3v) is 5.34. The Morgan fingerprint density at radius 2 is 1.53 bits per heavy atom. The van der Waals surface area contributed by atoms with E-state index in [1.807, 2.05) is 0 Å². The molecule has 0 heterocycles. The number of hydrogen-bond donors (Lipinski definition) is 1. The van der Waals surface area contributed by atoms with Gasteiger partial charge in [0.25, 0.3) is 0 Å². The van der Waals surface area contributed by atoms with Crippen molar-refractivity contribution >= 4 is 0 Å². The van der Waals surface area contributed by atoms with Gasteiger partial charge in [0, 0.05) is 5.54 Å². The monoisotopic (exact) mass is 267 g/mol. The molecule has 19 heavy (non-hydrogen) atoms. The van der Waals surface area contributed by atoms with Crippen molar-refractivity contribution in [2.24, 2.45) is 17.6 Å². The minimum absolute atomic E-state index is 0.161. The average Bonchev–Trinajstić information content (AvgIpc) is 2.38. The quantitative estimate of drug-likeness (QED) is 0.535. The molecule has 3 unspecified atom stereocenters. The van der Waals surface area contributed by atoms with Crippen LogP contribution in [0.5, 0.6) is 0 Å². The lowest BCUT2D eigenvalue weighted by Gasteiger charge is -2.42. The Bertz CT molecular complexity index is 226. The van der Waals surface area contributed by atoms with E-state index in [0.29, 0.717) is 0 Å². The zero-order chi connectivity index (χ0) is 14.1. The van der Waals surface area contributed by atoms with Gasteiger partial charge in [-0.05, 0) is 37.5 Å². The van der Waals surface area contributed by atoms with Gasteiger partial charge in [0.05, 0.1) is 0 Å². The molecule has 0 radical (unpaired) electrons. The highest BCUT2D eigenvalue weighted by molar-refractivity contribution is 4.93. The molecule has 1 saturated carbocycles. The van der Waals surface area contributed by atoms with Gasteiger partial charge < -0.3 is 5.73 Å². The smallest absolute Gasteiger partial charge is 0.0180 e. The number of nitrogens with two attached hydrogens (primary N) is 1. The first-order valence-electron chi connectivity index (χ1n) is 8.87. The summed E-state index contributed by atoms with van der Waals surface area (Å²) >= 11 is 0. The summed E-state index contributed by atoms with van der Waals surface area (Å²) in [5.41, 5.74) is 6.81. The standard InChI is InChI=1S/C18H37N/c1-4-5-6-7-8-9-10-11-13-18(19)14-12-16(2)15-17(18)3/h16-17H,4-15,19H2,1-3H3. The Labute approximate surface area is 121 Å². The molecule has 0 saturated heterocycles. The van der Waals surface area contributed by atoms with Gasteiger partial charge in [-0.25, -0.2) is 0 Å². The van der Waals surface area contributed by atoms with Crippen LogP contribution in [0.4, 0.5) is 0 Å². The Kier molecular flexibility index (Phi) is 8.06. The summed E-state index contributed by atoms with van der Waals surface area (Å²) in [7, 11) is 0.